The molecule has 0 unspecified atom stereocenters. The predicted molar refractivity (Wildman–Crippen MR) is 81.6 cm³/mol. The average Bonchev–Trinajstić information content (AvgIpc) is 3.31. The first kappa shape index (κ1) is 13.4. The number of benzene rings is 1. The molecular weight excluding hydrogens is 296 g/mol. The molecule has 0 atom stereocenters. The molecule has 0 aliphatic carbocycles. The quantitative estimate of drug-likeness (QED) is 0.623. The van der Waals surface area contributed by atoms with Crippen molar-refractivity contribution in [2.75, 3.05) is 0 Å². The van der Waals surface area contributed by atoms with Gasteiger partial charge in [-0.25, -0.2) is 0 Å². The van der Waals surface area contributed by atoms with Crippen molar-refractivity contribution in [2.45, 2.75) is 6.54 Å². The zero-order valence-corrected chi connectivity index (χ0v) is 12.0. The van der Waals surface area contributed by atoms with Crippen LogP contribution < -0.4 is 5.32 Å². The van der Waals surface area contributed by atoms with E-state index < -0.39 is 0 Å². The van der Waals surface area contributed by atoms with Crippen molar-refractivity contribution in [2.24, 2.45) is 0 Å². The number of carbonyl (C=O) groups excluding carboxylic acids is 1. The summed E-state index contributed by atoms with van der Waals surface area (Å²) >= 11 is 0. The van der Waals surface area contributed by atoms with E-state index in [1.54, 1.807) is 18.2 Å². The molecule has 0 saturated carbocycles. The van der Waals surface area contributed by atoms with Gasteiger partial charge in [0.2, 0.25) is 5.76 Å². The summed E-state index contributed by atoms with van der Waals surface area (Å²) in [6, 6.07) is 14.6. The minimum Gasteiger partial charge on any atom is -0.459 e. The molecule has 0 aliphatic heterocycles. The van der Waals surface area contributed by atoms with Gasteiger partial charge in [-0.15, -0.1) is 0 Å². The van der Waals surface area contributed by atoms with Crippen LogP contribution in [0.25, 0.3) is 22.5 Å². The van der Waals surface area contributed by atoms with E-state index >= 15 is 0 Å². The first-order chi connectivity index (χ1) is 11.3. The molecule has 1 amide bonds. The van der Waals surface area contributed by atoms with E-state index in [0.717, 1.165) is 11.0 Å². The van der Waals surface area contributed by atoms with E-state index in [-0.39, 0.29) is 18.2 Å². The second-order valence-corrected chi connectivity index (χ2v) is 4.99. The maximum atomic E-state index is 11.8. The molecule has 0 saturated heterocycles. The molecule has 6 nitrogen and oxygen atoms in total. The highest BCUT2D eigenvalue weighted by Gasteiger charge is 2.13. The molecule has 0 aliphatic rings. The predicted octanol–water partition coefficient (Wildman–Crippen LogP) is 3.61. The van der Waals surface area contributed by atoms with Gasteiger partial charge in [0, 0.05) is 11.5 Å². The summed E-state index contributed by atoms with van der Waals surface area (Å²) in [6.45, 7) is 0.239. The summed E-state index contributed by atoms with van der Waals surface area (Å²) in [6.07, 6.45) is 1.45. The van der Waals surface area contributed by atoms with Crippen molar-refractivity contribution in [3.05, 3.63) is 66.2 Å². The Labute approximate surface area is 130 Å². The number of amides is 1. The molecule has 114 valence electrons. The number of hydrogen-bond acceptors (Lipinski definition) is 5. The van der Waals surface area contributed by atoms with Crippen LogP contribution in [0.4, 0.5) is 0 Å². The molecule has 3 heterocycles. The Morgan fingerprint density at radius 2 is 2.00 bits per heavy atom. The number of rotatable bonds is 4. The SMILES string of the molecule is O=C(NCc1cc(-c2cc3ccccc3o2)on1)c1ccco1. The van der Waals surface area contributed by atoms with E-state index in [4.69, 9.17) is 13.4 Å². The Morgan fingerprint density at radius 3 is 2.83 bits per heavy atom. The minimum absolute atomic E-state index is 0.239. The number of fused-ring (bicyclic) bond motifs is 1. The third kappa shape index (κ3) is 2.62. The fraction of sp³-hybridized carbons (Fsp3) is 0.0588. The summed E-state index contributed by atoms with van der Waals surface area (Å²) in [5, 5.41) is 7.63. The lowest BCUT2D eigenvalue weighted by molar-refractivity contribution is 0.0922. The zero-order valence-electron chi connectivity index (χ0n) is 12.0. The standard InChI is InChI=1S/C17H12N2O4/c20-17(14-6-3-7-21-14)18-10-12-9-16(23-19-12)15-8-11-4-1-2-5-13(11)22-15/h1-9H,10H2,(H,18,20). The number of nitrogens with zero attached hydrogens (tertiary/aromatic N) is 1. The lowest BCUT2D eigenvalue weighted by Gasteiger charge is -1.98. The van der Waals surface area contributed by atoms with E-state index in [0.29, 0.717) is 17.2 Å². The lowest BCUT2D eigenvalue weighted by Crippen LogP contribution is -2.22. The normalized spacial score (nSPS) is 11.0. The van der Waals surface area contributed by atoms with E-state index in [1.807, 2.05) is 30.3 Å². The van der Waals surface area contributed by atoms with Crippen LogP contribution in [0.15, 0.2) is 68.2 Å². The van der Waals surface area contributed by atoms with Crippen LogP contribution in [0.5, 0.6) is 0 Å². The molecule has 6 heteroatoms. The van der Waals surface area contributed by atoms with Crippen LogP contribution in [0.3, 0.4) is 0 Å². The maximum Gasteiger partial charge on any atom is 0.287 e. The molecule has 1 N–H and O–H groups in total. The number of furan rings is 2. The molecule has 0 fully saturated rings. The van der Waals surface area contributed by atoms with Crippen molar-refractivity contribution < 1.29 is 18.2 Å². The summed E-state index contributed by atoms with van der Waals surface area (Å²) in [4.78, 5) is 11.8. The Balaban J connectivity index is 1.49. The van der Waals surface area contributed by atoms with Gasteiger partial charge in [-0.3, -0.25) is 4.79 Å². The maximum absolute atomic E-state index is 11.8. The summed E-state index contributed by atoms with van der Waals surface area (Å²) in [5.74, 6) is 1.07. The van der Waals surface area contributed by atoms with Crippen LogP contribution in [0, 0.1) is 0 Å². The van der Waals surface area contributed by atoms with Crippen LogP contribution in [-0.2, 0) is 6.54 Å². The topological polar surface area (TPSA) is 81.4 Å². The Hall–Kier alpha value is -3.28. The number of aromatic nitrogens is 1. The molecule has 23 heavy (non-hydrogen) atoms. The number of para-hydroxylation sites is 1. The highest BCUT2D eigenvalue weighted by Crippen LogP contribution is 2.28. The van der Waals surface area contributed by atoms with Crippen molar-refractivity contribution in [3.63, 3.8) is 0 Å². The summed E-state index contributed by atoms with van der Waals surface area (Å²) in [5.41, 5.74) is 1.38. The molecule has 4 rings (SSSR count). The van der Waals surface area contributed by atoms with Gasteiger partial charge in [-0.2, -0.15) is 0 Å². The van der Waals surface area contributed by atoms with Gasteiger partial charge < -0.3 is 18.7 Å². The van der Waals surface area contributed by atoms with Crippen molar-refractivity contribution in [1.29, 1.82) is 0 Å². The van der Waals surface area contributed by atoms with Crippen molar-refractivity contribution in [3.8, 4) is 11.5 Å². The van der Waals surface area contributed by atoms with Crippen molar-refractivity contribution >= 4 is 16.9 Å². The monoisotopic (exact) mass is 308 g/mol. The van der Waals surface area contributed by atoms with Gasteiger partial charge in [0.25, 0.3) is 5.91 Å². The Kier molecular flexibility index (Phi) is 3.20. The van der Waals surface area contributed by atoms with Gasteiger partial charge in [0.15, 0.2) is 11.5 Å². The number of hydrogen-bond donors (Lipinski definition) is 1. The van der Waals surface area contributed by atoms with E-state index in [2.05, 4.69) is 10.5 Å². The molecular formula is C17H12N2O4. The molecule has 0 spiro atoms. The fourth-order valence-electron chi connectivity index (χ4n) is 2.28. The first-order valence-corrected chi connectivity index (χ1v) is 7.06. The highest BCUT2D eigenvalue weighted by atomic mass is 16.5. The van der Waals surface area contributed by atoms with Crippen LogP contribution in [0.1, 0.15) is 16.2 Å². The fourth-order valence-corrected chi connectivity index (χ4v) is 2.28. The Bertz CT molecular complexity index is 917. The minimum atomic E-state index is -0.303. The summed E-state index contributed by atoms with van der Waals surface area (Å²) in [7, 11) is 0. The van der Waals surface area contributed by atoms with Crippen molar-refractivity contribution in [1.82, 2.24) is 10.5 Å². The second kappa shape index (κ2) is 5.49. The van der Waals surface area contributed by atoms with Crippen LogP contribution in [0.2, 0.25) is 0 Å². The van der Waals surface area contributed by atoms with Gasteiger partial charge >= 0.3 is 0 Å². The summed E-state index contributed by atoms with van der Waals surface area (Å²) < 4.78 is 16.0. The molecule has 1 aromatic carbocycles. The van der Waals surface area contributed by atoms with Gasteiger partial charge in [0.05, 0.1) is 12.8 Å². The largest absolute Gasteiger partial charge is 0.459 e. The smallest absolute Gasteiger partial charge is 0.287 e. The van der Waals surface area contributed by atoms with E-state index in [9.17, 15) is 4.79 Å². The molecule has 3 aromatic heterocycles. The van der Waals surface area contributed by atoms with Gasteiger partial charge in [0.1, 0.15) is 11.3 Å². The first-order valence-electron chi connectivity index (χ1n) is 7.06. The lowest BCUT2D eigenvalue weighted by atomic mass is 10.2. The van der Waals surface area contributed by atoms with E-state index in [1.165, 1.54) is 6.26 Å². The second-order valence-electron chi connectivity index (χ2n) is 4.99. The van der Waals surface area contributed by atoms with Gasteiger partial charge in [-0.05, 0) is 24.3 Å². The van der Waals surface area contributed by atoms with Crippen LogP contribution >= 0.6 is 0 Å². The third-order valence-electron chi connectivity index (χ3n) is 3.40. The molecule has 0 bridgehead atoms. The third-order valence-corrected chi connectivity index (χ3v) is 3.40. The molecule has 0 radical (unpaired) electrons. The number of nitrogens with one attached hydrogen (secondary N) is 1. The average molecular weight is 308 g/mol. The highest BCUT2D eigenvalue weighted by molar-refractivity contribution is 5.91. The van der Waals surface area contributed by atoms with Gasteiger partial charge in [-0.1, -0.05) is 23.4 Å². The zero-order chi connectivity index (χ0) is 15.6. The van der Waals surface area contributed by atoms with Crippen LogP contribution in [-0.4, -0.2) is 11.1 Å². The number of carbonyl (C=O) groups is 1. The molecule has 4 aromatic rings. The Morgan fingerprint density at radius 1 is 1.09 bits per heavy atom.